The van der Waals surface area contributed by atoms with Crippen molar-refractivity contribution in [2.75, 3.05) is 0 Å². The predicted octanol–water partition coefficient (Wildman–Crippen LogP) is 3.04. The van der Waals surface area contributed by atoms with E-state index in [1.54, 1.807) is 6.92 Å². The number of benzene rings is 1. The van der Waals surface area contributed by atoms with Crippen molar-refractivity contribution in [2.45, 2.75) is 45.1 Å². The van der Waals surface area contributed by atoms with E-state index >= 15 is 0 Å². The summed E-state index contributed by atoms with van der Waals surface area (Å²) in [6, 6.07) is 10.0. The van der Waals surface area contributed by atoms with Crippen LogP contribution in [0.1, 0.15) is 43.0 Å². The Kier molecular flexibility index (Phi) is 6.09. The van der Waals surface area contributed by atoms with Crippen molar-refractivity contribution in [1.82, 2.24) is 10.3 Å². The van der Waals surface area contributed by atoms with Crippen LogP contribution in [0.5, 0.6) is 0 Å². The summed E-state index contributed by atoms with van der Waals surface area (Å²) in [7, 11) is 0. The molecule has 0 spiro atoms. The molecule has 2 aromatic rings. The highest BCUT2D eigenvalue weighted by Crippen LogP contribution is 2.16. The van der Waals surface area contributed by atoms with Crippen LogP contribution in [0.25, 0.3) is 0 Å². The molecule has 0 saturated heterocycles. The summed E-state index contributed by atoms with van der Waals surface area (Å²) in [6.07, 6.45) is 1.90. The zero-order chi connectivity index (χ0) is 17.6. The normalized spacial score (nSPS) is 13.2. The van der Waals surface area contributed by atoms with E-state index in [0.717, 1.165) is 11.4 Å². The Hall–Kier alpha value is -2.21. The first-order chi connectivity index (χ1) is 11.4. The second-order valence-electron chi connectivity index (χ2n) is 6.01. The third-order valence-corrected chi connectivity index (χ3v) is 4.67. The van der Waals surface area contributed by atoms with Gasteiger partial charge in [-0.3, -0.25) is 4.79 Å². The second-order valence-corrected chi connectivity index (χ2v) is 6.95. The number of carbonyl (C=O) groups excluding carboxylic acids is 1. The SMILES string of the molecule is CCCC(C)(NC(=O)Cc1csc(Cc2ccccc2)n1)C(=O)O. The van der Waals surface area contributed by atoms with Gasteiger partial charge in [0.15, 0.2) is 0 Å². The lowest BCUT2D eigenvalue weighted by molar-refractivity contribution is -0.147. The summed E-state index contributed by atoms with van der Waals surface area (Å²) >= 11 is 1.51. The molecule has 0 aliphatic heterocycles. The van der Waals surface area contributed by atoms with E-state index in [1.165, 1.54) is 16.9 Å². The topological polar surface area (TPSA) is 79.3 Å². The fourth-order valence-electron chi connectivity index (χ4n) is 2.52. The quantitative estimate of drug-likeness (QED) is 0.770. The lowest BCUT2D eigenvalue weighted by Crippen LogP contribution is -2.52. The molecule has 1 atom stereocenters. The van der Waals surface area contributed by atoms with Gasteiger partial charge in [0.1, 0.15) is 5.54 Å². The maximum absolute atomic E-state index is 12.2. The third-order valence-electron chi connectivity index (χ3n) is 3.78. The van der Waals surface area contributed by atoms with E-state index in [2.05, 4.69) is 10.3 Å². The van der Waals surface area contributed by atoms with Crippen molar-refractivity contribution in [2.24, 2.45) is 0 Å². The molecule has 1 unspecified atom stereocenters. The molecule has 0 aliphatic carbocycles. The van der Waals surface area contributed by atoms with Gasteiger partial charge in [-0.2, -0.15) is 0 Å². The number of carboxylic acid groups (broad SMARTS) is 1. The van der Waals surface area contributed by atoms with E-state index in [-0.39, 0.29) is 12.3 Å². The van der Waals surface area contributed by atoms with Crippen LogP contribution in [0, 0.1) is 0 Å². The third kappa shape index (κ3) is 4.89. The summed E-state index contributed by atoms with van der Waals surface area (Å²) in [6.45, 7) is 3.43. The van der Waals surface area contributed by atoms with E-state index < -0.39 is 11.5 Å². The van der Waals surface area contributed by atoms with Gasteiger partial charge >= 0.3 is 5.97 Å². The Labute approximate surface area is 145 Å². The number of thiazole rings is 1. The number of nitrogens with one attached hydrogen (secondary N) is 1. The Morgan fingerprint density at radius 1 is 1.29 bits per heavy atom. The molecule has 1 aromatic heterocycles. The fraction of sp³-hybridized carbons (Fsp3) is 0.389. The van der Waals surface area contributed by atoms with Crippen molar-refractivity contribution in [3.8, 4) is 0 Å². The predicted molar refractivity (Wildman–Crippen MR) is 94.2 cm³/mol. The van der Waals surface area contributed by atoms with Gasteiger partial charge in [0.05, 0.1) is 17.1 Å². The Morgan fingerprint density at radius 2 is 2.00 bits per heavy atom. The van der Waals surface area contributed by atoms with Gasteiger partial charge in [0.2, 0.25) is 5.91 Å². The monoisotopic (exact) mass is 346 g/mol. The van der Waals surface area contributed by atoms with E-state index in [4.69, 9.17) is 0 Å². The number of aliphatic carboxylic acids is 1. The van der Waals surface area contributed by atoms with Crippen LogP contribution in [0.4, 0.5) is 0 Å². The van der Waals surface area contributed by atoms with Gasteiger partial charge in [-0.15, -0.1) is 11.3 Å². The summed E-state index contributed by atoms with van der Waals surface area (Å²) in [5, 5.41) is 14.7. The van der Waals surface area contributed by atoms with Crippen LogP contribution >= 0.6 is 11.3 Å². The summed E-state index contributed by atoms with van der Waals surface area (Å²) in [5.41, 5.74) is 0.617. The molecule has 6 heteroatoms. The van der Waals surface area contributed by atoms with Crippen LogP contribution in [0.15, 0.2) is 35.7 Å². The standard InChI is InChI=1S/C18H22N2O3S/c1-3-9-18(2,17(22)23)20-15(21)11-14-12-24-16(19-14)10-13-7-5-4-6-8-13/h4-8,12H,3,9-11H2,1-2H3,(H,20,21)(H,22,23). The zero-order valence-electron chi connectivity index (χ0n) is 13.9. The maximum Gasteiger partial charge on any atom is 0.329 e. The lowest BCUT2D eigenvalue weighted by atomic mass is 9.96. The highest BCUT2D eigenvalue weighted by Gasteiger charge is 2.33. The van der Waals surface area contributed by atoms with Gasteiger partial charge in [-0.1, -0.05) is 43.7 Å². The van der Waals surface area contributed by atoms with Gasteiger partial charge in [0.25, 0.3) is 0 Å². The first-order valence-electron chi connectivity index (χ1n) is 7.94. The number of hydrogen-bond donors (Lipinski definition) is 2. The number of aromatic nitrogens is 1. The average Bonchev–Trinajstić information content (AvgIpc) is 2.95. The van der Waals surface area contributed by atoms with Crippen molar-refractivity contribution in [3.05, 3.63) is 52.0 Å². The number of amides is 1. The molecule has 1 aromatic carbocycles. The van der Waals surface area contributed by atoms with Gasteiger partial charge in [-0.25, -0.2) is 9.78 Å². The number of hydrogen-bond acceptors (Lipinski definition) is 4. The number of carbonyl (C=O) groups is 2. The maximum atomic E-state index is 12.2. The van der Waals surface area contributed by atoms with Crippen LogP contribution in [0.3, 0.4) is 0 Å². The molecule has 1 heterocycles. The Bertz CT molecular complexity index is 699. The highest BCUT2D eigenvalue weighted by molar-refractivity contribution is 7.09. The first kappa shape index (κ1) is 18.1. The van der Waals surface area contributed by atoms with Gasteiger partial charge in [-0.05, 0) is 18.9 Å². The van der Waals surface area contributed by atoms with Crippen LogP contribution in [-0.4, -0.2) is 27.5 Å². The molecule has 0 fully saturated rings. The van der Waals surface area contributed by atoms with Crippen LogP contribution < -0.4 is 5.32 Å². The second kappa shape index (κ2) is 8.06. The minimum atomic E-state index is -1.23. The van der Waals surface area contributed by atoms with Crippen molar-refractivity contribution < 1.29 is 14.7 Å². The molecule has 5 nitrogen and oxygen atoms in total. The highest BCUT2D eigenvalue weighted by atomic mass is 32.1. The molecule has 24 heavy (non-hydrogen) atoms. The lowest BCUT2D eigenvalue weighted by Gasteiger charge is -2.25. The minimum Gasteiger partial charge on any atom is -0.480 e. The summed E-state index contributed by atoms with van der Waals surface area (Å²) in [5.74, 6) is -1.33. The molecule has 0 saturated carbocycles. The Balaban J connectivity index is 1.96. The average molecular weight is 346 g/mol. The number of rotatable bonds is 8. The molecule has 2 rings (SSSR count). The summed E-state index contributed by atoms with van der Waals surface area (Å²) in [4.78, 5) is 28.0. The molecule has 2 N–H and O–H groups in total. The minimum absolute atomic E-state index is 0.0951. The van der Waals surface area contributed by atoms with Gasteiger partial charge in [0, 0.05) is 11.8 Å². The molecule has 0 aliphatic rings. The Morgan fingerprint density at radius 3 is 2.62 bits per heavy atom. The van der Waals surface area contributed by atoms with Crippen molar-refractivity contribution in [3.63, 3.8) is 0 Å². The molecular formula is C18H22N2O3S. The molecular weight excluding hydrogens is 324 g/mol. The smallest absolute Gasteiger partial charge is 0.329 e. The van der Waals surface area contributed by atoms with Crippen molar-refractivity contribution >= 4 is 23.2 Å². The summed E-state index contributed by atoms with van der Waals surface area (Å²) < 4.78 is 0. The van der Waals surface area contributed by atoms with Crippen molar-refractivity contribution in [1.29, 1.82) is 0 Å². The van der Waals surface area contributed by atoms with E-state index in [9.17, 15) is 14.7 Å². The molecule has 0 bridgehead atoms. The largest absolute Gasteiger partial charge is 0.480 e. The van der Waals surface area contributed by atoms with E-state index in [0.29, 0.717) is 18.5 Å². The first-order valence-corrected chi connectivity index (χ1v) is 8.82. The zero-order valence-corrected chi connectivity index (χ0v) is 14.7. The molecule has 128 valence electrons. The molecule has 0 radical (unpaired) electrons. The van der Waals surface area contributed by atoms with Crippen LogP contribution in [-0.2, 0) is 22.4 Å². The van der Waals surface area contributed by atoms with E-state index in [1.807, 2.05) is 42.6 Å². The fourth-order valence-corrected chi connectivity index (χ4v) is 3.35. The number of carboxylic acids is 1. The molecule has 1 amide bonds. The number of nitrogens with zero attached hydrogens (tertiary/aromatic N) is 1. The van der Waals surface area contributed by atoms with Gasteiger partial charge < -0.3 is 10.4 Å². The van der Waals surface area contributed by atoms with Crippen LogP contribution in [0.2, 0.25) is 0 Å².